The summed E-state index contributed by atoms with van der Waals surface area (Å²) in [7, 11) is 0. The molecule has 2 aromatic carbocycles. The van der Waals surface area contributed by atoms with Crippen LogP contribution in [0.15, 0.2) is 59.9 Å². The number of nitrogens with one attached hydrogen (secondary N) is 1. The number of benzene rings is 2. The lowest BCUT2D eigenvalue weighted by molar-refractivity contribution is 0.0995. The normalized spacial score (nSPS) is 12.4. The summed E-state index contributed by atoms with van der Waals surface area (Å²) in [5, 5.41) is 13.1. The van der Waals surface area contributed by atoms with Gasteiger partial charge in [-0.25, -0.2) is 0 Å². The van der Waals surface area contributed by atoms with E-state index in [1.807, 2.05) is 62.4 Å². The third-order valence-corrected chi connectivity index (χ3v) is 5.26. The molecule has 2 heterocycles. The molecule has 0 unspecified atom stereocenters. The zero-order valence-electron chi connectivity index (χ0n) is 14.4. The third kappa shape index (κ3) is 3.01. The average molecular weight is 363 g/mol. The summed E-state index contributed by atoms with van der Waals surface area (Å²) < 4.78 is 1.66. The minimum absolute atomic E-state index is 0.0471. The van der Waals surface area contributed by atoms with Crippen LogP contribution in [-0.4, -0.2) is 36.2 Å². The molecular formula is C19H17N5OS. The van der Waals surface area contributed by atoms with Crippen molar-refractivity contribution in [2.75, 3.05) is 0 Å². The first-order chi connectivity index (χ1) is 12.6. The SMILES string of the molecule is Cc1ccc(-n2nnnc2S[C@H](C)C(=O)c2c[nH]c3ccccc23)cc1. The molecule has 4 aromatic rings. The van der Waals surface area contributed by atoms with Gasteiger partial charge in [-0.05, 0) is 42.5 Å². The maximum atomic E-state index is 12.9. The number of aromatic amines is 1. The van der Waals surface area contributed by atoms with Crippen molar-refractivity contribution in [1.82, 2.24) is 25.2 Å². The highest BCUT2D eigenvalue weighted by atomic mass is 32.2. The molecular weight excluding hydrogens is 346 g/mol. The Labute approximate surface area is 154 Å². The highest BCUT2D eigenvalue weighted by Crippen LogP contribution is 2.28. The number of fused-ring (bicyclic) bond motifs is 1. The van der Waals surface area contributed by atoms with Crippen molar-refractivity contribution in [3.63, 3.8) is 0 Å². The molecule has 0 amide bonds. The number of aromatic nitrogens is 5. The number of hydrogen-bond donors (Lipinski definition) is 1. The number of H-pyrrole nitrogens is 1. The zero-order chi connectivity index (χ0) is 18.1. The number of Topliss-reactive ketones (excluding diaryl/α,β-unsaturated/α-hetero) is 1. The molecule has 1 atom stereocenters. The van der Waals surface area contributed by atoms with Crippen LogP contribution in [0, 0.1) is 6.92 Å². The quantitative estimate of drug-likeness (QED) is 0.431. The summed E-state index contributed by atoms with van der Waals surface area (Å²) in [5.74, 6) is 0.0471. The standard InChI is InChI=1S/C19H17N5OS/c1-12-7-9-14(10-8-12)24-19(21-22-23-24)26-13(2)18(25)16-11-20-17-6-4-3-5-15(16)17/h3-11,13,20H,1-2H3/t13-/m1/s1. The van der Waals surface area contributed by atoms with Gasteiger partial charge in [-0.15, -0.1) is 5.10 Å². The highest BCUT2D eigenvalue weighted by molar-refractivity contribution is 8.00. The number of hydrogen-bond acceptors (Lipinski definition) is 5. The van der Waals surface area contributed by atoms with Gasteiger partial charge in [-0.2, -0.15) is 4.68 Å². The Morgan fingerprint density at radius 3 is 2.73 bits per heavy atom. The fourth-order valence-corrected chi connectivity index (χ4v) is 3.68. The summed E-state index contributed by atoms with van der Waals surface area (Å²) in [6.45, 7) is 3.91. The van der Waals surface area contributed by atoms with Crippen molar-refractivity contribution < 1.29 is 4.79 Å². The van der Waals surface area contributed by atoms with E-state index in [1.54, 1.807) is 10.9 Å². The minimum atomic E-state index is -0.315. The van der Waals surface area contributed by atoms with Crippen LogP contribution in [0.4, 0.5) is 0 Å². The largest absolute Gasteiger partial charge is 0.360 e. The summed E-state index contributed by atoms with van der Waals surface area (Å²) in [4.78, 5) is 16.1. The van der Waals surface area contributed by atoms with E-state index in [0.717, 1.165) is 16.6 Å². The molecule has 0 radical (unpaired) electrons. The lowest BCUT2D eigenvalue weighted by Crippen LogP contribution is -2.14. The lowest BCUT2D eigenvalue weighted by atomic mass is 10.1. The van der Waals surface area contributed by atoms with Crippen LogP contribution in [0.5, 0.6) is 0 Å². The molecule has 1 N–H and O–H groups in total. The third-order valence-electron chi connectivity index (χ3n) is 4.23. The molecule has 0 aliphatic rings. The Bertz CT molecular complexity index is 1070. The van der Waals surface area contributed by atoms with Crippen LogP contribution in [0.1, 0.15) is 22.8 Å². The molecule has 130 valence electrons. The Morgan fingerprint density at radius 2 is 1.92 bits per heavy atom. The van der Waals surface area contributed by atoms with Crippen LogP contribution in [0.25, 0.3) is 16.6 Å². The summed E-state index contributed by atoms with van der Waals surface area (Å²) in [6.07, 6.45) is 1.77. The maximum Gasteiger partial charge on any atom is 0.214 e. The van der Waals surface area contributed by atoms with Gasteiger partial charge in [0.05, 0.1) is 10.9 Å². The van der Waals surface area contributed by atoms with Crippen LogP contribution >= 0.6 is 11.8 Å². The molecule has 0 fully saturated rings. The van der Waals surface area contributed by atoms with Crippen molar-refractivity contribution in [2.45, 2.75) is 24.3 Å². The molecule has 2 aromatic heterocycles. The van der Waals surface area contributed by atoms with Crippen molar-refractivity contribution in [2.24, 2.45) is 0 Å². The van der Waals surface area contributed by atoms with Crippen molar-refractivity contribution >= 4 is 28.4 Å². The van der Waals surface area contributed by atoms with Gasteiger partial charge in [0.25, 0.3) is 0 Å². The van der Waals surface area contributed by atoms with E-state index in [-0.39, 0.29) is 11.0 Å². The van der Waals surface area contributed by atoms with Gasteiger partial charge in [0.2, 0.25) is 5.16 Å². The van der Waals surface area contributed by atoms with E-state index in [2.05, 4.69) is 20.5 Å². The molecule has 26 heavy (non-hydrogen) atoms. The minimum Gasteiger partial charge on any atom is -0.360 e. The van der Waals surface area contributed by atoms with Gasteiger partial charge in [0.1, 0.15) is 0 Å². The molecule has 0 saturated heterocycles. The predicted molar refractivity (Wildman–Crippen MR) is 102 cm³/mol. The van der Waals surface area contributed by atoms with Gasteiger partial charge in [-0.3, -0.25) is 4.79 Å². The molecule has 7 heteroatoms. The van der Waals surface area contributed by atoms with Crippen molar-refractivity contribution in [3.05, 3.63) is 65.9 Å². The number of aryl methyl sites for hydroxylation is 1. The van der Waals surface area contributed by atoms with Gasteiger partial charge < -0.3 is 4.98 Å². The number of nitrogens with zero attached hydrogens (tertiary/aromatic N) is 4. The predicted octanol–water partition coefficient (Wildman–Crippen LogP) is 3.82. The Kier molecular flexibility index (Phi) is 4.30. The second kappa shape index (κ2) is 6.76. The monoisotopic (exact) mass is 363 g/mol. The zero-order valence-corrected chi connectivity index (χ0v) is 15.2. The van der Waals surface area contributed by atoms with E-state index in [0.29, 0.717) is 10.7 Å². The summed E-state index contributed by atoms with van der Waals surface area (Å²) in [5.41, 5.74) is 3.68. The number of carbonyl (C=O) groups is 1. The second-order valence-electron chi connectivity index (χ2n) is 6.08. The van der Waals surface area contributed by atoms with Crippen LogP contribution in [-0.2, 0) is 0 Å². The van der Waals surface area contributed by atoms with Crippen LogP contribution < -0.4 is 0 Å². The first-order valence-electron chi connectivity index (χ1n) is 8.26. The first kappa shape index (κ1) is 16.5. The molecule has 0 aliphatic heterocycles. The summed E-state index contributed by atoms with van der Waals surface area (Å²) in [6, 6.07) is 15.7. The van der Waals surface area contributed by atoms with Gasteiger partial charge >= 0.3 is 0 Å². The molecule has 4 rings (SSSR count). The molecule has 0 saturated carbocycles. The highest BCUT2D eigenvalue weighted by Gasteiger charge is 2.22. The van der Waals surface area contributed by atoms with E-state index in [1.165, 1.54) is 17.3 Å². The Hall–Kier alpha value is -2.93. The van der Waals surface area contributed by atoms with Gasteiger partial charge in [-0.1, -0.05) is 47.7 Å². The second-order valence-corrected chi connectivity index (χ2v) is 7.39. The Balaban J connectivity index is 1.59. The van der Waals surface area contributed by atoms with E-state index in [9.17, 15) is 4.79 Å². The first-order valence-corrected chi connectivity index (χ1v) is 9.14. The fourth-order valence-electron chi connectivity index (χ4n) is 2.81. The Morgan fingerprint density at radius 1 is 1.15 bits per heavy atom. The van der Waals surface area contributed by atoms with Gasteiger partial charge in [0, 0.05) is 22.7 Å². The van der Waals surface area contributed by atoms with Gasteiger partial charge in [0.15, 0.2) is 5.78 Å². The number of rotatable bonds is 5. The number of tetrazole rings is 1. The average Bonchev–Trinajstić information content (AvgIpc) is 3.28. The van der Waals surface area contributed by atoms with E-state index in [4.69, 9.17) is 0 Å². The van der Waals surface area contributed by atoms with Crippen LogP contribution in [0.3, 0.4) is 0 Å². The lowest BCUT2D eigenvalue weighted by Gasteiger charge is -2.10. The molecule has 0 spiro atoms. The summed E-state index contributed by atoms with van der Waals surface area (Å²) >= 11 is 1.35. The van der Waals surface area contributed by atoms with Crippen molar-refractivity contribution in [3.8, 4) is 5.69 Å². The van der Waals surface area contributed by atoms with E-state index < -0.39 is 0 Å². The fraction of sp³-hybridized carbons (Fsp3) is 0.158. The molecule has 0 bridgehead atoms. The van der Waals surface area contributed by atoms with Crippen molar-refractivity contribution in [1.29, 1.82) is 0 Å². The molecule has 0 aliphatic carbocycles. The topological polar surface area (TPSA) is 76.5 Å². The maximum absolute atomic E-state index is 12.9. The smallest absolute Gasteiger partial charge is 0.214 e. The molecule has 6 nitrogen and oxygen atoms in total. The van der Waals surface area contributed by atoms with E-state index >= 15 is 0 Å². The number of carbonyl (C=O) groups excluding carboxylic acids is 1. The number of ketones is 1. The number of thioether (sulfide) groups is 1. The number of para-hydroxylation sites is 1. The van der Waals surface area contributed by atoms with Crippen LogP contribution in [0.2, 0.25) is 0 Å².